The fourth-order valence-electron chi connectivity index (χ4n) is 2.59. The average Bonchev–Trinajstić information content (AvgIpc) is 3.07. The molecule has 0 saturated heterocycles. The van der Waals surface area contributed by atoms with Gasteiger partial charge in [0.05, 0.1) is 11.3 Å². The summed E-state index contributed by atoms with van der Waals surface area (Å²) in [5.41, 5.74) is 3.35. The quantitative estimate of drug-likeness (QED) is 0.317. The number of hydrogen-bond acceptors (Lipinski definition) is 7. The first-order chi connectivity index (χ1) is 12.0. The number of nitrogens with zero attached hydrogens (tertiary/aromatic N) is 1. The van der Waals surface area contributed by atoms with Gasteiger partial charge in [0.25, 0.3) is 5.69 Å². The molecule has 0 spiro atoms. The molecule has 0 radical (unpaired) electrons. The summed E-state index contributed by atoms with van der Waals surface area (Å²) in [5.74, 6) is 5.62. The maximum Gasteiger partial charge on any atom is 0.269 e. The summed E-state index contributed by atoms with van der Waals surface area (Å²) < 4.78 is 10.6. The second kappa shape index (κ2) is 6.75. The summed E-state index contributed by atoms with van der Waals surface area (Å²) in [7, 11) is 0. The molecule has 0 aliphatic carbocycles. The fraction of sp³-hybridized carbons (Fsp3) is 0.188. The van der Waals surface area contributed by atoms with Crippen molar-refractivity contribution in [2.24, 2.45) is 5.84 Å². The number of aliphatic hydroxyl groups excluding tert-OH is 1. The Kier molecular flexibility index (Phi) is 4.50. The van der Waals surface area contributed by atoms with Crippen LogP contribution in [-0.2, 0) is 11.2 Å². The molecule has 9 heteroatoms. The summed E-state index contributed by atoms with van der Waals surface area (Å²) in [4.78, 5) is 21.9. The van der Waals surface area contributed by atoms with Gasteiger partial charge in [-0.25, -0.2) is 5.84 Å². The maximum absolute atomic E-state index is 11.6. The molecule has 0 aromatic heterocycles. The van der Waals surface area contributed by atoms with Gasteiger partial charge in [0.1, 0.15) is 6.10 Å². The second-order valence-electron chi connectivity index (χ2n) is 5.40. The lowest BCUT2D eigenvalue weighted by Crippen LogP contribution is -2.31. The number of carbonyl (C=O) groups is 1. The summed E-state index contributed by atoms with van der Waals surface area (Å²) >= 11 is 0. The van der Waals surface area contributed by atoms with Crippen LogP contribution < -0.4 is 20.7 Å². The zero-order chi connectivity index (χ0) is 18.0. The van der Waals surface area contributed by atoms with Gasteiger partial charge in [-0.3, -0.25) is 20.3 Å². The van der Waals surface area contributed by atoms with Crippen LogP contribution >= 0.6 is 0 Å². The van der Waals surface area contributed by atoms with Gasteiger partial charge in [-0.05, 0) is 41.0 Å². The predicted octanol–water partition coefficient (Wildman–Crippen LogP) is 0.938. The van der Waals surface area contributed by atoms with Crippen LogP contribution in [0.2, 0.25) is 0 Å². The Balaban J connectivity index is 1.98. The minimum atomic E-state index is -1.10. The predicted molar refractivity (Wildman–Crippen MR) is 85.8 cm³/mol. The van der Waals surface area contributed by atoms with Gasteiger partial charge in [0.2, 0.25) is 12.7 Å². The van der Waals surface area contributed by atoms with E-state index in [1.807, 2.05) is 5.43 Å². The highest BCUT2D eigenvalue weighted by molar-refractivity contribution is 5.78. The minimum Gasteiger partial charge on any atom is -0.454 e. The number of nitro benzene ring substituents is 1. The number of hydrazine groups is 1. The number of aliphatic hydroxyl groups is 1. The highest BCUT2D eigenvalue weighted by Crippen LogP contribution is 2.38. The maximum atomic E-state index is 11.6. The molecule has 1 aliphatic rings. The van der Waals surface area contributed by atoms with Crippen molar-refractivity contribution in [2.45, 2.75) is 12.5 Å². The first-order valence-electron chi connectivity index (χ1n) is 7.34. The SMILES string of the molecule is NNC(=O)Cc1cc2c(cc1C(O)c1ccc([N+](=O)[O-])cc1)OCO2. The van der Waals surface area contributed by atoms with Crippen molar-refractivity contribution < 1.29 is 24.3 Å². The van der Waals surface area contributed by atoms with Gasteiger partial charge in [-0.15, -0.1) is 0 Å². The number of nitrogens with two attached hydrogens (primary N) is 1. The molecule has 0 bridgehead atoms. The van der Waals surface area contributed by atoms with E-state index in [2.05, 4.69) is 0 Å². The number of amides is 1. The molecule has 0 fully saturated rings. The van der Waals surface area contributed by atoms with E-state index in [-0.39, 0.29) is 18.9 Å². The van der Waals surface area contributed by atoms with Gasteiger partial charge in [-0.1, -0.05) is 0 Å². The number of non-ortho nitro benzene ring substituents is 1. The summed E-state index contributed by atoms with van der Waals surface area (Å²) in [6, 6.07) is 8.73. The van der Waals surface area contributed by atoms with Crippen molar-refractivity contribution in [2.75, 3.05) is 6.79 Å². The van der Waals surface area contributed by atoms with Crippen LogP contribution in [0.15, 0.2) is 36.4 Å². The van der Waals surface area contributed by atoms with Gasteiger partial charge in [-0.2, -0.15) is 0 Å². The molecule has 130 valence electrons. The number of rotatable bonds is 5. The Hall–Kier alpha value is -3.17. The Morgan fingerprint density at radius 3 is 2.52 bits per heavy atom. The molecule has 0 saturated carbocycles. The lowest BCUT2D eigenvalue weighted by atomic mass is 9.94. The lowest BCUT2D eigenvalue weighted by molar-refractivity contribution is -0.384. The van der Waals surface area contributed by atoms with Crippen molar-refractivity contribution in [3.8, 4) is 11.5 Å². The molecule has 1 unspecified atom stereocenters. The standard InChI is InChI=1S/C16H15N3O6/c17-18-15(20)6-10-5-13-14(25-8-24-13)7-12(10)16(21)9-1-3-11(4-2-9)19(22)23/h1-5,7,16,21H,6,8,17H2,(H,18,20). The highest BCUT2D eigenvalue weighted by atomic mass is 16.7. The first kappa shape index (κ1) is 16.7. The van der Waals surface area contributed by atoms with Crippen LogP contribution in [0.25, 0.3) is 0 Å². The second-order valence-corrected chi connectivity index (χ2v) is 5.40. The number of nitrogens with one attached hydrogen (secondary N) is 1. The Morgan fingerprint density at radius 1 is 1.28 bits per heavy atom. The molecule has 1 atom stereocenters. The zero-order valence-corrected chi connectivity index (χ0v) is 13.0. The van der Waals surface area contributed by atoms with Gasteiger partial charge in [0.15, 0.2) is 11.5 Å². The number of benzene rings is 2. The third kappa shape index (κ3) is 3.37. The van der Waals surface area contributed by atoms with E-state index in [9.17, 15) is 20.0 Å². The van der Waals surface area contributed by atoms with E-state index < -0.39 is 16.9 Å². The van der Waals surface area contributed by atoms with Crippen molar-refractivity contribution in [3.63, 3.8) is 0 Å². The van der Waals surface area contributed by atoms with E-state index >= 15 is 0 Å². The Labute approximate surface area is 142 Å². The third-order valence-corrected chi connectivity index (χ3v) is 3.86. The molecule has 1 amide bonds. The van der Waals surface area contributed by atoms with E-state index in [4.69, 9.17) is 15.3 Å². The van der Waals surface area contributed by atoms with Crippen LogP contribution in [-0.4, -0.2) is 22.7 Å². The Bertz CT molecular complexity index is 821. The van der Waals surface area contributed by atoms with Gasteiger partial charge in [0, 0.05) is 12.1 Å². The van der Waals surface area contributed by atoms with Crippen LogP contribution in [0.4, 0.5) is 5.69 Å². The Morgan fingerprint density at radius 2 is 1.92 bits per heavy atom. The molecule has 25 heavy (non-hydrogen) atoms. The highest BCUT2D eigenvalue weighted by Gasteiger charge is 2.23. The molecule has 2 aromatic carbocycles. The largest absolute Gasteiger partial charge is 0.454 e. The minimum absolute atomic E-state index is 0.0505. The number of ether oxygens (including phenoxy) is 2. The molecular weight excluding hydrogens is 330 g/mol. The van der Waals surface area contributed by atoms with Gasteiger partial charge < -0.3 is 14.6 Å². The molecule has 1 heterocycles. The van der Waals surface area contributed by atoms with Crippen molar-refractivity contribution in [1.29, 1.82) is 0 Å². The summed E-state index contributed by atoms with van der Waals surface area (Å²) in [6.45, 7) is 0.0505. The molecule has 1 aliphatic heterocycles. The number of fused-ring (bicyclic) bond motifs is 1. The third-order valence-electron chi connectivity index (χ3n) is 3.86. The van der Waals surface area contributed by atoms with E-state index in [0.29, 0.717) is 28.2 Å². The molecule has 2 aromatic rings. The summed E-state index contributed by atoms with van der Waals surface area (Å²) in [5, 5.41) is 21.4. The average molecular weight is 345 g/mol. The van der Waals surface area contributed by atoms with Crippen LogP contribution in [0.5, 0.6) is 11.5 Å². The molecular formula is C16H15N3O6. The van der Waals surface area contributed by atoms with E-state index in [1.54, 1.807) is 12.1 Å². The van der Waals surface area contributed by atoms with Crippen molar-refractivity contribution in [3.05, 3.63) is 63.2 Å². The number of nitro groups is 1. The number of carbonyl (C=O) groups excluding carboxylic acids is 1. The molecule has 3 rings (SSSR count). The molecule has 4 N–H and O–H groups in total. The normalized spacial score (nSPS) is 13.4. The van der Waals surface area contributed by atoms with Crippen LogP contribution in [0.1, 0.15) is 22.8 Å². The lowest BCUT2D eigenvalue weighted by Gasteiger charge is -2.16. The first-order valence-corrected chi connectivity index (χ1v) is 7.34. The fourth-order valence-corrected chi connectivity index (χ4v) is 2.59. The zero-order valence-electron chi connectivity index (χ0n) is 13.0. The van der Waals surface area contributed by atoms with Crippen molar-refractivity contribution in [1.82, 2.24) is 5.43 Å². The monoisotopic (exact) mass is 345 g/mol. The van der Waals surface area contributed by atoms with E-state index in [1.165, 1.54) is 24.3 Å². The van der Waals surface area contributed by atoms with Crippen LogP contribution in [0, 0.1) is 10.1 Å². The molecule has 9 nitrogen and oxygen atoms in total. The van der Waals surface area contributed by atoms with Gasteiger partial charge >= 0.3 is 0 Å². The number of hydrogen-bond donors (Lipinski definition) is 3. The van der Waals surface area contributed by atoms with Crippen LogP contribution in [0.3, 0.4) is 0 Å². The smallest absolute Gasteiger partial charge is 0.269 e. The van der Waals surface area contributed by atoms with E-state index in [0.717, 1.165) is 0 Å². The topological polar surface area (TPSA) is 137 Å². The summed E-state index contributed by atoms with van der Waals surface area (Å²) in [6.07, 6.45) is -1.16. The van der Waals surface area contributed by atoms with Crippen molar-refractivity contribution >= 4 is 11.6 Å².